The number of alkyl carbamates (subject to hydrolysis) is 1. The summed E-state index contributed by atoms with van der Waals surface area (Å²) >= 11 is 0. The van der Waals surface area contributed by atoms with Crippen LogP contribution in [0.3, 0.4) is 0 Å². The van der Waals surface area contributed by atoms with Crippen molar-refractivity contribution in [2.24, 2.45) is 0 Å². The van der Waals surface area contributed by atoms with Crippen LogP contribution in [-0.2, 0) is 4.74 Å². The molecule has 0 aromatic heterocycles. The van der Waals surface area contributed by atoms with E-state index in [2.05, 4.69) is 15.4 Å². The van der Waals surface area contributed by atoms with E-state index in [9.17, 15) is 4.79 Å². The molecule has 2 N–H and O–H groups in total. The molecule has 4 nitrogen and oxygen atoms in total. The summed E-state index contributed by atoms with van der Waals surface area (Å²) in [6, 6.07) is 0. The van der Waals surface area contributed by atoms with Crippen LogP contribution < -0.4 is 10.6 Å². The average molecular weight is 150 g/mol. The van der Waals surface area contributed by atoms with Gasteiger partial charge in [0.05, 0.1) is 7.11 Å². The monoisotopic (exact) mass is 150 g/mol. The first-order valence-corrected chi connectivity index (χ1v) is 3.33. The molecule has 0 radical (unpaired) electrons. The third-order valence-electron chi connectivity index (χ3n) is 1.01. The summed E-state index contributed by atoms with van der Waals surface area (Å²) in [7, 11) is 1.35. The van der Waals surface area contributed by atoms with Gasteiger partial charge in [-0.3, -0.25) is 0 Å². The van der Waals surface area contributed by atoms with E-state index in [0.717, 1.165) is 13.1 Å². The number of nitrogens with one attached hydrogen (secondary N) is 2. The number of hydrogen-bond donors (Lipinski definition) is 2. The van der Waals surface area contributed by atoms with E-state index in [1.807, 2.05) is 6.92 Å². The second kappa shape index (κ2) is 6.35. The van der Waals surface area contributed by atoms with Crippen LogP contribution in [0.2, 0.25) is 0 Å². The highest BCUT2D eigenvalue weighted by Crippen LogP contribution is 1.68. The number of carbonyl (C=O) groups is 1. The molecule has 0 spiro atoms. The summed E-state index contributed by atoms with van der Waals surface area (Å²) in [4.78, 5) is 10.4. The number of carbonyl (C=O) groups excluding carboxylic acids is 1. The highest BCUT2D eigenvalue weighted by atomic mass is 16.5. The molecule has 0 heterocycles. The van der Waals surface area contributed by atoms with Gasteiger partial charge >= 0.3 is 6.09 Å². The van der Waals surface area contributed by atoms with Gasteiger partial charge in [-0.1, -0.05) is 6.92 Å². The van der Waals surface area contributed by atoms with Gasteiger partial charge in [0, 0.05) is 15.9 Å². The zero-order chi connectivity index (χ0) is 7.82. The second-order valence-electron chi connectivity index (χ2n) is 1.77. The molecule has 0 aromatic rings. The van der Waals surface area contributed by atoms with E-state index >= 15 is 0 Å². The predicted molar refractivity (Wildman–Crippen MR) is 43.2 cm³/mol. The third kappa shape index (κ3) is 5.37. The maximum Gasteiger partial charge on any atom is 0.406 e. The van der Waals surface area contributed by atoms with Crippen LogP contribution in [0.25, 0.3) is 0 Å². The topological polar surface area (TPSA) is 50.4 Å². The Kier molecular flexibility index (Phi) is 5.86. The summed E-state index contributed by atoms with van der Waals surface area (Å²) < 4.78 is 4.35. The molecule has 1 amide bonds. The smallest absolute Gasteiger partial charge is 0.406 e. The molecule has 0 aliphatic rings. The van der Waals surface area contributed by atoms with Gasteiger partial charge in [-0.2, -0.15) is 0 Å². The lowest BCUT2D eigenvalue weighted by molar-refractivity contribution is 0.171. The van der Waals surface area contributed by atoms with Crippen molar-refractivity contribution in [3.63, 3.8) is 0 Å². The Labute approximate surface area is 63.9 Å². The fraction of sp³-hybridized carbons (Fsp3) is 0.833. The molecular formula is C6H18N2O2. The number of methoxy groups -OCH3 is 1. The number of likely N-dealkylation sites (N-methyl/N-ethyl adjacent to an activating group) is 1. The van der Waals surface area contributed by atoms with Crippen molar-refractivity contribution in [3.05, 3.63) is 0 Å². The SMILES string of the molecule is CCNCCNC(=O)OC.[HH].[HH]. The van der Waals surface area contributed by atoms with E-state index in [1.54, 1.807) is 0 Å². The Morgan fingerprint density at radius 3 is 2.80 bits per heavy atom. The van der Waals surface area contributed by atoms with E-state index in [-0.39, 0.29) is 8.95 Å². The minimum atomic E-state index is -0.377. The number of rotatable bonds is 4. The summed E-state index contributed by atoms with van der Waals surface area (Å²) in [5, 5.41) is 5.60. The Hall–Kier alpha value is -0.770. The largest absolute Gasteiger partial charge is 0.453 e. The van der Waals surface area contributed by atoms with E-state index in [0.29, 0.717) is 6.54 Å². The van der Waals surface area contributed by atoms with Crippen LogP contribution in [0.15, 0.2) is 0 Å². The quantitative estimate of drug-likeness (QED) is 0.572. The molecule has 0 unspecified atom stereocenters. The van der Waals surface area contributed by atoms with Crippen LogP contribution in [0.5, 0.6) is 0 Å². The summed E-state index contributed by atoms with van der Waals surface area (Å²) in [6.07, 6.45) is -0.377. The zero-order valence-electron chi connectivity index (χ0n) is 6.44. The number of ether oxygens (including phenoxy) is 1. The van der Waals surface area contributed by atoms with E-state index in [4.69, 9.17) is 0 Å². The number of amides is 1. The van der Waals surface area contributed by atoms with E-state index in [1.165, 1.54) is 7.11 Å². The summed E-state index contributed by atoms with van der Waals surface area (Å²) in [5.41, 5.74) is 0. The van der Waals surface area contributed by atoms with Gasteiger partial charge in [-0.15, -0.1) is 0 Å². The molecule has 0 saturated carbocycles. The molecule has 0 aliphatic heterocycles. The van der Waals surface area contributed by atoms with Crippen LogP contribution in [-0.4, -0.2) is 32.8 Å². The van der Waals surface area contributed by atoms with Crippen molar-refractivity contribution in [1.29, 1.82) is 0 Å². The normalized spacial score (nSPS) is 9.00. The summed E-state index contributed by atoms with van der Waals surface area (Å²) in [5.74, 6) is 0. The van der Waals surface area contributed by atoms with Gasteiger partial charge < -0.3 is 15.4 Å². The first kappa shape index (κ1) is 9.23. The lowest BCUT2D eigenvalue weighted by Gasteiger charge is -2.02. The van der Waals surface area contributed by atoms with Crippen molar-refractivity contribution < 1.29 is 12.4 Å². The van der Waals surface area contributed by atoms with Crippen molar-refractivity contribution in [1.82, 2.24) is 10.6 Å². The first-order chi connectivity index (χ1) is 4.81. The van der Waals surface area contributed by atoms with Gasteiger partial charge in [0.1, 0.15) is 0 Å². The lowest BCUT2D eigenvalue weighted by atomic mass is 10.6. The van der Waals surface area contributed by atoms with Gasteiger partial charge in [-0.05, 0) is 6.54 Å². The highest BCUT2D eigenvalue weighted by molar-refractivity contribution is 5.66. The Morgan fingerprint density at radius 2 is 2.30 bits per heavy atom. The Morgan fingerprint density at radius 1 is 1.60 bits per heavy atom. The van der Waals surface area contributed by atoms with Crippen LogP contribution in [0, 0.1) is 0 Å². The lowest BCUT2D eigenvalue weighted by Crippen LogP contribution is -2.31. The molecule has 0 saturated heterocycles. The Bertz CT molecular complexity index is 104. The molecule has 0 rings (SSSR count). The fourth-order valence-corrected chi connectivity index (χ4v) is 0.502. The maximum absolute atomic E-state index is 10.4. The highest BCUT2D eigenvalue weighted by Gasteiger charge is 1.93. The molecule has 0 atom stereocenters. The molecule has 0 aromatic carbocycles. The van der Waals surface area contributed by atoms with Crippen LogP contribution in [0.1, 0.15) is 9.78 Å². The fourth-order valence-electron chi connectivity index (χ4n) is 0.502. The molecular weight excluding hydrogens is 132 g/mol. The standard InChI is InChI=1S/C6H14N2O2.2H2/c1-3-7-4-5-8-6(9)10-2;;/h7H,3-5H2,1-2H3,(H,8,9);2*1H. The average Bonchev–Trinajstić information content (AvgIpc) is 1.98. The zero-order valence-corrected chi connectivity index (χ0v) is 6.44. The third-order valence-corrected chi connectivity index (χ3v) is 1.01. The molecule has 10 heavy (non-hydrogen) atoms. The van der Waals surface area contributed by atoms with Crippen molar-refractivity contribution >= 4 is 6.09 Å². The maximum atomic E-state index is 10.4. The first-order valence-electron chi connectivity index (χ1n) is 3.33. The minimum absolute atomic E-state index is 0. The minimum Gasteiger partial charge on any atom is -0.453 e. The van der Waals surface area contributed by atoms with Crippen LogP contribution >= 0.6 is 0 Å². The van der Waals surface area contributed by atoms with E-state index < -0.39 is 0 Å². The van der Waals surface area contributed by atoms with Gasteiger partial charge in [0.25, 0.3) is 0 Å². The molecule has 4 heteroatoms. The van der Waals surface area contributed by atoms with Crippen molar-refractivity contribution in [3.8, 4) is 0 Å². The molecule has 0 fully saturated rings. The molecule has 0 bridgehead atoms. The molecule has 64 valence electrons. The summed E-state index contributed by atoms with van der Waals surface area (Å²) in [6.45, 7) is 4.33. The molecule has 0 aliphatic carbocycles. The van der Waals surface area contributed by atoms with Gasteiger partial charge in [0.2, 0.25) is 0 Å². The van der Waals surface area contributed by atoms with Gasteiger partial charge in [0.15, 0.2) is 0 Å². The van der Waals surface area contributed by atoms with Gasteiger partial charge in [-0.25, -0.2) is 4.79 Å². The predicted octanol–water partition coefficient (Wildman–Crippen LogP) is 0.444. The van der Waals surface area contributed by atoms with Crippen LogP contribution in [0.4, 0.5) is 4.79 Å². The number of hydrogen-bond acceptors (Lipinski definition) is 3. The second-order valence-corrected chi connectivity index (χ2v) is 1.77. The van der Waals surface area contributed by atoms with Crippen molar-refractivity contribution in [2.75, 3.05) is 26.7 Å². The Balaban J connectivity index is -0.000000405. The van der Waals surface area contributed by atoms with Crippen molar-refractivity contribution in [2.45, 2.75) is 6.92 Å².